The molecule has 0 unspecified atom stereocenters. The van der Waals surface area contributed by atoms with Gasteiger partial charge in [-0.05, 0) is 37.6 Å². The SMILES string of the molecule is COc1ccc(C(=O)N2CCc3c(nc(C)[nH]c3=O)C2)cc1Cn1cccn1. The van der Waals surface area contributed by atoms with Crippen LogP contribution in [-0.4, -0.2) is 44.2 Å². The summed E-state index contributed by atoms with van der Waals surface area (Å²) in [4.78, 5) is 34.0. The highest BCUT2D eigenvalue weighted by Crippen LogP contribution is 2.23. The predicted octanol–water partition coefficient (Wildman–Crippen LogP) is 1.53. The van der Waals surface area contributed by atoms with Gasteiger partial charge in [0, 0.05) is 35.6 Å². The van der Waals surface area contributed by atoms with Crippen molar-refractivity contribution in [3.05, 3.63) is 75.2 Å². The first-order valence-electron chi connectivity index (χ1n) is 9.07. The number of amides is 1. The molecule has 8 nitrogen and oxygen atoms in total. The van der Waals surface area contributed by atoms with Gasteiger partial charge in [-0.3, -0.25) is 14.3 Å². The number of aryl methyl sites for hydroxylation is 1. The predicted molar refractivity (Wildman–Crippen MR) is 102 cm³/mol. The van der Waals surface area contributed by atoms with Gasteiger partial charge in [0.1, 0.15) is 11.6 Å². The fourth-order valence-electron chi connectivity index (χ4n) is 3.52. The van der Waals surface area contributed by atoms with Crippen LogP contribution in [0.5, 0.6) is 5.75 Å². The first-order chi connectivity index (χ1) is 13.5. The zero-order valence-corrected chi connectivity index (χ0v) is 15.8. The average molecular weight is 379 g/mol. The van der Waals surface area contributed by atoms with Gasteiger partial charge in [-0.2, -0.15) is 5.10 Å². The maximum atomic E-state index is 13.1. The number of fused-ring (bicyclic) bond motifs is 1. The molecule has 0 atom stereocenters. The summed E-state index contributed by atoms with van der Waals surface area (Å²) in [5, 5.41) is 4.22. The first kappa shape index (κ1) is 18.0. The Balaban J connectivity index is 1.60. The summed E-state index contributed by atoms with van der Waals surface area (Å²) in [6.07, 6.45) is 4.07. The Bertz CT molecular complexity index is 1070. The number of aromatic amines is 1. The molecule has 1 amide bonds. The van der Waals surface area contributed by atoms with Crippen LogP contribution < -0.4 is 10.3 Å². The molecule has 3 aromatic rings. The number of rotatable bonds is 4. The molecule has 4 rings (SSSR count). The molecule has 8 heteroatoms. The van der Waals surface area contributed by atoms with Gasteiger partial charge < -0.3 is 14.6 Å². The standard InChI is InChI=1S/C20H21N5O3/c1-13-22-17-12-24(9-6-16(17)19(26)23-13)20(27)14-4-5-18(28-2)15(10-14)11-25-8-3-7-21-25/h3-5,7-8,10H,6,9,11-12H2,1-2H3,(H,22,23,26). The maximum Gasteiger partial charge on any atom is 0.254 e. The lowest BCUT2D eigenvalue weighted by atomic mass is 10.0. The highest BCUT2D eigenvalue weighted by atomic mass is 16.5. The molecule has 0 aliphatic carbocycles. The number of carbonyl (C=O) groups excluding carboxylic acids is 1. The summed E-state index contributed by atoms with van der Waals surface area (Å²) in [5.74, 6) is 1.18. The fraction of sp³-hybridized carbons (Fsp3) is 0.300. The van der Waals surface area contributed by atoms with E-state index in [1.807, 2.05) is 18.3 Å². The molecule has 144 valence electrons. The van der Waals surface area contributed by atoms with Crippen LogP contribution in [-0.2, 0) is 19.5 Å². The molecule has 3 heterocycles. The number of hydrogen-bond donors (Lipinski definition) is 1. The van der Waals surface area contributed by atoms with Crippen LogP contribution in [0.3, 0.4) is 0 Å². The van der Waals surface area contributed by atoms with Crippen LogP contribution in [0.4, 0.5) is 0 Å². The van der Waals surface area contributed by atoms with E-state index in [0.29, 0.717) is 54.4 Å². The summed E-state index contributed by atoms with van der Waals surface area (Å²) in [6, 6.07) is 7.26. The highest BCUT2D eigenvalue weighted by Gasteiger charge is 2.25. The van der Waals surface area contributed by atoms with Crippen LogP contribution in [0.2, 0.25) is 0 Å². The van der Waals surface area contributed by atoms with Crippen molar-refractivity contribution in [1.29, 1.82) is 0 Å². The molecule has 2 aromatic heterocycles. The number of nitrogens with zero attached hydrogens (tertiary/aromatic N) is 4. The van der Waals surface area contributed by atoms with Crippen molar-refractivity contribution in [3.8, 4) is 5.75 Å². The third-order valence-corrected chi connectivity index (χ3v) is 4.90. The van der Waals surface area contributed by atoms with Crippen molar-refractivity contribution in [2.75, 3.05) is 13.7 Å². The molecule has 1 aliphatic heterocycles. The Morgan fingerprint density at radius 2 is 2.21 bits per heavy atom. The lowest BCUT2D eigenvalue weighted by Crippen LogP contribution is -2.39. The molecular weight excluding hydrogens is 358 g/mol. The minimum Gasteiger partial charge on any atom is -0.496 e. The van der Waals surface area contributed by atoms with Crippen LogP contribution in [0.1, 0.15) is 33.0 Å². The minimum absolute atomic E-state index is 0.0882. The Hall–Kier alpha value is -3.42. The second-order valence-corrected chi connectivity index (χ2v) is 6.78. The normalized spacial score (nSPS) is 13.3. The average Bonchev–Trinajstić information content (AvgIpc) is 3.20. The zero-order valence-electron chi connectivity index (χ0n) is 15.8. The van der Waals surface area contributed by atoms with Crippen LogP contribution in [0.25, 0.3) is 0 Å². The summed E-state index contributed by atoms with van der Waals surface area (Å²) in [7, 11) is 1.61. The summed E-state index contributed by atoms with van der Waals surface area (Å²) in [5.41, 5.74) is 2.68. The molecule has 1 aromatic carbocycles. The van der Waals surface area contributed by atoms with Gasteiger partial charge in [0.2, 0.25) is 0 Å². The van der Waals surface area contributed by atoms with Gasteiger partial charge in [0.05, 0.1) is 25.9 Å². The number of nitrogens with one attached hydrogen (secondary N) is 1. The Morgan fingerprint density at radius 1 is 1.36 bits per heavy atom. The smallest absolute Gasteiger partial charge is 0.254 e. The molecule has 0 saturated heterocycles. The molecule has 1 N–H and O–H groups in total. The van der Waals surface area contributed by atoms with E-state index in [-0.39, 0.29) is 11.5 Å². The first-order valence-corrected chi connectivity index (χ1v) is 9.07. The van der Waals surface area contributed by atoms with Crippen LogP contribution in [0.15, 0.2) is 41.5 Å². The third kappa shape index (κ3) is 3.40. The number of H-pyrrole nitrogens is 1. The highest BCUT2D eigenvalue weighted by molar-refractivity contribution is 5.94. The van der Waals surface area contributed by atoms with Crippen molar-refractivity contribution in [2.24, 2.45) is 0 Å². The van der Waals surface area contributed by atoms with Gasteiger partial charge in [0.25, 0.3) is 11.5 Å². The van der Waals surface area contributed by atoms with Crippen LogP contribution in [0, 0.1) is 6.92 Å². The second-order valence-electron chi connectivity index (χ2n) is 6.78. The lowest BCUT2D eigenvalue weighted by molar-refractivity contribution is 0.0731. The fourth-order valence-corrected chi connectivity index (χ4v) is 3.52. The summed E-state index contributed by atoms with van der Waals surface area (Å²) in [6.45, 7) is 3.07. The number of hydrogen-bond acceptors (Lipinski definition) is 5. The lowest BCUT2D eigenvalue weighted by Gasteiger charge is -2.28. The van der Waals surface area contributed by atoms with Crippen molar-refractivity contribution >= 4 is 5.91 Å². The van der Waals surface area contributed by atoms with E-state index in [0.717, 1.165) is 5.56 Å². The summed E-state index contributed by atoms with van der Waals surface area (Å²) < 4.78 is 7.21. The van der Waals surface area contributed by atoms with Crippen molar-refractivity contribution in [1.82, 2.24) is 24.6 Å². The van der Waals surface area contributed by atoms with E-state index in [2.05, 4.69) is 15.1 Å². The summed E-state index contributed by atoms with van der Waals surface area (Å²) >= 11 is 0. The molecule has 0 saturated carbocycles. The van der Waals surface area contributed by atoms with Crippen molar-refractivity contribution in [2.45, 2.75) is 26.4 Å². The van der Waals surface area contributed by atoms with Gasteiger partial charge >= 0.3 is 0 Å². The number of carbonyl (C=O) groups is 1. The number of methoxy groups -OCH3 is 1. The number of aromatic nitrogens is 4. The molecular formula is C20H21N5O3. The quantitative estimate of drug-likeness (QED) is 0.742. The monoisotopic (exact) mass is 379 g/mol. The Labute approximate surface area is 161 Å². The largest absolute Gasteiger partial charge is 0.496 e. The zero-order chi connectivity index (χ0) is 19.7. The topological polar surface area (TPSA) is 93.1 Å². The van der Waals surface area contributed by atoms with Crippen LogP contribution >= 0.6 is 0 Å². The van der Waals surface area contributed by atoms with Gasteiger partial charge in [-0.25, -0.2) is 4.98 Å². The minimum atomic E-state index is -0.111. The second kappa shape index (κ2) is 7.30. The van der Waals surface area contributed by atoms with E-state index in [1.54, 1.807) is 41.9 Å². The molecule has 28 heavy (non-hydrogen) atoms. The number of ether oxygens (including phenoxy) is 1. The molecule has 0 fully saturated rings. The van der Waals surface area contributed by atoms with E-state index < -0.39 is 0 Å². The number of benzene rings is 1. The molecule has 0 bridgehead atoms. The van der Waals surface area contributed by atoms with Crippen molar-refractivity contribution < 1.29 is 9.53 Å². The molecule has 0 radical (unpaired) electrons. The van der Waals surface area contributed by atoms with Crippen molar-refractivity contribution in [3.63, 3.8) is 0 Å². The Morgan fingerprint density at radius 3 is 2.96 bits per heavy atom. The van der Waals surface area contributed by atoms with E-state index >= 15 is 0 Å². The van der Waals surface area contributed by atoms with E-state index in [4.69, 9.17) is 4.74 Å². The molecule has 0 spiro atoms. The maximum absolute atomic E-state index is 13.1. The van der Waals surface area contributed by atoms with Gasteiger partial charge in [-0.15, -0.1) is 0 Å². The van der Waals surface area contributed by atoms with Gasteiger partial charge in [0.15, 0.2) is 0 Å². The van der Waals surface area contributed by atoms with E-state index in [9.17, 15) is 9.59 Å². The van der Waals surface area contributed by atoms with E-state index in [1.165, 1.54) is 0 Å². The molecule has 1 aliphatic rings. The Kier molecular flexibility index (Phi) is 4.68. The van der Waals surface area contributed by atoms with Gasteiger partial charge in [-0.1, -0.05) is 0 Å². The third-order valence-electron chi connectivity index (χ3n) is 4.90.